The molecule has 3 aliphatic rings. The Kier molecular flexibility index (Phi) is 12.6. The first-order valence-corrected chi connectivity index (χ1v) is 14.1. The Balaban J connectivity index is 1.77. The third-order valence-corrected chi connectivity index (χ3v) is 7.79. The van der Waals surface area contributed by atoms with Crippen molar-refractivity contribution in [2.24, 2.45) is 22.9 Å². The van der Waals surface area contributed by atoms with Gasteiger partial charge in [0.2, 0.25) is 12.2 Å². The summed E-state index contributed by atoms with van der Waals surface area (Å²) in [6.07, 6.45) is -8.84. The van der Waals surface area contributed by atoms with Crippen LogP contribution in [0.3, 0.4) is 0 Å². The fourth-order valence-electron chi connectivity index (χ4n) is 5.30. The molecule has 2 amide bonds. The first-order chi connectivity index (χ1) is 20.2. The summed E-state index contributed by atoms with van der Waals surface area (Å²) in [5.74, 6) is -1.22. The van der Waals surface area contributed by atoms with Crippen LogP contribution in [0.5, 0.6) is 0 Å². The fraction of sp³-hybridized carbons (Fsp3) is 0.840. The zero-order chi connectivity index (χ0) is 32.1. The average Bonchev–Trinajstić information content (AvgIpc) is 2.97. The lowest BCUT2D eigenvalue weighted by molar-refractivity contribution is -0.304. The van der Waals surface area contributed by atoms with E-state index in [2.05, 4.69) is 16.0 Å². The van der Waals surface area contributed by atoms with Gasteiger partial charge in [-0.1, -0.05) is 0 Å². The molecule has 1 saturated heterocycles. The molecular formula is C25H47N7O11. The molecule has 13 atom stereocenters. The number of rotatable bonds is 12. The minimum absolute atomic E-state index is 0.0108. The van der Waals surface area contributed by atoms with E-state index in [1.165, 1.54) is 6.92 Å². The summed E-state index contributed by atoms with van der Waals surface area (Å²) in [5.41, 5.74) is 21.9. The number of nitrogens with one attached hydrogen (secondary N) is 3. The molecule has 0 aromatic rings. The van der Waals surface area contributed by atoms with Gasteiger partial charge in [0.05, 0.1) is 31.3 Å². The van der Waals surface area contributed by atoms with Crippen LogP contribution in [-0.2, 0) is 28.5 Å². The number of ether oxygens (including phenoxy) is 4. The molecular weight excluding hydrogens is 574 g/mol. The summed E-state index contributed by atoms with van der Waals surface area (Å²) < 4.78 is 23.5. The highest BCUT2D eigenvalue weighted by atomic mass is 16.7. The van der Waals surface area contributed by atoms with Crippen molar-refractivity contribution in [2.75, 3.05) is 33.3 Å². The molecule has 1 unspecified atom stereocenters. The molecule has 1 saturated carbocycles. The maximum atomic E-state index is 12.5. The molecule has 0 spiro atoms. The maximum absolute atomic E-state index is 12.5. The molecule has 43 heavy (non-hydrogen) atoms. The Labute approximate surface area is 249 Å². The van der Waals surface area contributed by atoms with Crippen molar-refractivity contribution in [3.63, 3.8) is 0 Å². The Morgan fingerprint density at radius 3 is 2.30 bits per heavy atom. The standard InChI is InChI=1S/C25H47N7O11/c1-25(39)9-40-24(17(36)20(25)30-2)43-19-13(32-22(38)15(34)7-27)5-12(29)18(16(19)35)42-23-11(28)4-3-10(41-23)8-31-21(37)14(33)6-26/h3,11-20,23-24,30,33-36,39H,4-9,26-29H2,1-2H3,(H,31,37)(H,32,38)/t11-,12+,13-,14?,15+,16+,17-,18-,19+,20-,23-,24-,25+/m1/s1. The highest BCUT2D eigenvalue weighted by Crippen LogP contribution is 2.32. The van der Waals surface area contributed by atoms with Crippen LogP contribution in [0.15, 0.2) is 11.8 Å². The van der Waals surface area contributed by atoms with Gasteiger partial charge >= 0.3 is 0 Å². The highest BCUT2D eigenvalue weighted by molar-refractivity contribution is 5.81. The van der Waals surface area contributed by atoms with E-state index in [1.54, 1.807) is 13.1 Å². The van der Waals surface area contributed by atoms with Gasteiger partial charge in [0.25, 0.3) is 5.91 Å². The average molecular weight is 622 g/mol. The Bertz CT molecular complexity index is 976. The predicted octanol–water partition coefficient (Wildman–Crippen LogP) is -6.90. The Morgan fingerprint density at radius 2 is 1.67 bits per heavy atom. The van der Waals surface area contributed by atoms with Gasteiger partial charge < -0.3 is 83.4 Å². The van der Waals surface area contributed by atoms with Crippen molar-refractivity contribution in [1.29, 1.82) is 0 Å². The van der Waals surface area contributed by atoms with Gasteiger partial charge in [-0.2, -0.15) is 0 Å². The van der Waals surface area contributed by atoms with E-state index in [4.69, 9.17) is 41.9 Å². The molecule has 18 heteroatoms. The molecule has 0 aromatic carbocycles. The molecule has 2 heterocycles. The van der Waals surface area contributed by atoms with Crippen LogP contribution in [0.1, 0.15) is 19.8 Å². The SMILES string of the molecule is CN[C@@H]1[C@@H](O)[C@@H](O[C@@H]2[C@@H](O)[C@H](O[C@H]3OC(CNC(=O)C(O)CN)=CC[C@H]3N)[C@@H](N)C[C@H]2NC(=O)[C@@H](O)CN)OC[C@]1(C)O. The topological polar surface area (TPSA) is 312 Å². The molecule has 18 nitrogen and oxygen atoms in total. The second-order valence-corrected chi connectivity index (χ2v) is 11.3. The number of aliphatic hydroxyl groups is 5. The second kappa shape index (κ2) is 15.3. The van der Waals surface area contributed by atoms with E-state index >= 15 is 0 Å². The Morgan fingerprint density at radius 1 is 1.05 bits per heavy atom. The lowest BCUT2D eigenvalue weighted by Crippen LogP contribution is -2.69. The summed E-state index contributed by atoms with van der Waals surface area (Å²) in [4.78, 5) is 24.4. The van der Waals surface area contributed by atoms with Crippen LogP contribution < -0.4 is 38.9 Å². The van der Waals surface area contributed by atoms with E-state index < -0.39 is 90.8 Å². The molecule has 3 rings (SSSR count). The van der Waals surface area contributed by atoms with Gasteiger partial charge in [0.15, 0.2) is 6.29 Å². The Hall–Kier alpha value is -2.04. The monoisotopic (exact) mass is 621 g/mol. The quantitative estimate of drug-likeness (QED) is 0.0963. The minimum Gasteiger partial charge on any atom is -0.466 e. The van der Waals surface area contributed by atoms with Crippen molar-refractivity contribution in [3.8, 4) is 0 Å². The summed E-state index contributed by atoms with van der Waals surface area (Å²) in [5, 5.41) is 60.4. The minimum atomic E-state index is -1.54. The van der Waals surface area contributed by atoms with E-state index in [1.807, 2.05) is 0 Å². The van der Waals surface area contributed by atoms with E-state index in [9.17, 15) is 35.1 Å². The van der Waals surface area contributed by atoms with E-state index in [-0.39, 0.29) is 39.1 Å². The van der Waals surface area contributed by atoms with Crippen molar-refractivity contribution >= 4 is 11.8 Å². The zero-order valence-corrected chi connectivity index (χ0v) is 24.2. The van der Waals surface area contributed by atoms with Crippen LogP contribution in [0.2, 0.25) is 0 Å². The molecule has 2 aliphatic heterocycles. The molecule has 2 fully saturated rings. The van der Waals surface area contributed by atoms with Crippen LogP contribution in [0.25, 0.3) is 0 Å². The lowest BCUT2D eigenvalue weighted by Gasteiger charge is -2.48. The number of nitrogens with two attached hydrogens (primary N) is 4. The van der Waals surface area contributed by atoms with E-state index in [0.717, 1.165) is 0 Å². The highest BCUT2D eigenvalue weighted by Gasteiger charge is 2.52. The number of carbonyl (C=O) groups is 2. The van der Waals surface area contributed by atoms with Crippen LogP contribution >= 0.6 is 0 Å². The van der Waals surface area contributed by atoms with Crippen molar-refractivity contribution in [2.45, 2.75) is 98.7 Å². The van der Waals surface area contributed by atoms with Crippen molar-refractivity contribution < 1.29 is 54.1 Å². The van der Waals surface area contributed by atoms with Gasteiger partial charge in [0.1, 0.15) is 48.0 Å². The molecule has 1 aliphatic carbocycles. The van der Waals surface area contributed by atoms with E-state index in [0.29, 0.717) is 5.76 Å². The van der Waals surface area contributed by atoms with Crippen LogP contribution in [0, 0.1) is 0 Å². The summed E-state index contributed by atoms with van der Waals surface area (Å²) in [6, 6.07) is -3.43. The molecule has 0 bridgehead atoms. The maximum Gasteiger partial charge on any atom is 0.250 e. The van der Waals surface area contributed by atoms with Gasteiger partial charge in [-0.15, -0.1) is 0 Å². The summed E-state index contributed by atoms with van der Waals surface area (Å²) >= 11 is 0. The van der Waals surface area contributed by atoms with Gasteiger partial charge in [-0.25, -0.2) is 0 Å². The molecule has 0 radical (unpaired) electrons. The third-order valence-electron chi connectivity index (χ3n) is 7.79. The van der Waals surface area contributed by atoms with Crippen molar-refractivity contribution in [3.05, 3.63) is 11.8 Å². The predicted molar refractivity (Wildman–Crippen MR) is 148 cm³/mol. The van der Waals surface area contributed by atoms with Gasteiger partial charge in [-0.3, -0.25) is 9.59 Å². The number of hydrogen-bond donors (Lipinski definition) is 12. The first kappa shape index (κ1) is 35.4. The molecule has 16 N–H and O–H groups in total. The number of likely N-dealkylation sites (N-methyl/N-ethyl adjacent to an activating group) is 1. The summed E-state index contributed by atoms with van der Waals surface area (Å²) in [6.45, 7) is 0.563. The van der Waals surface area contributed by atoms with Crippen molar-refractivity contribution in [1.82, 2.24) is 16.0 Å². The van der Waals surface area contributed by atoms with Crippen LogP contribution in [0.4, 0.5) is 0 Å². The first-order valence-electron chi connectivity index (χ1n) is 14.1. The lowest BCUT2D eigenvalue weighted by atomic mass is 9.83. The molecule has 0 aromatic heterocycles. The third kappa shape index (κ3) is 8.57. The smallest absolute Gasteiger partial charge is 0.250 e. The normalized spacial score (nSPS) is 39.7. The number of hydrogen-bond acceptors (Lipinski definition) is 16. The zero-order valence-electron chi connectivity index (χ0n) is 24.2. The van der Waals surface area contributed by atoms with Gasteiger partial charge in [0, 0.05) is 19.1 Å². The largest absolute Gasteiger partial charge is 0.466 e. The number of carbonyl (C=O) groups excluding carboxylic acids is 2. The second-order valence-electron chi connectivity index (χ2n) is 11.3. The molecule has 248 valence electrons. The number of amides is 2. The number of aliphatic hydroxyl groups excluding tert-OH is 4. The van der Waals surface area contributed by atoms with Gasteiger partial charge in [-0.05, 0) is 32.9 Å². The fourth-order valence-corrected chi connectivity index (χ4v) is 5.30. The van der Waals surface area contributed by atoms with Crippen LogP contribution in [-0.4, -0.2) is 150 Å². The summed E-state index contributed by atoms with van der Waals surface area (Å²) in [7, 11) is 1.54.